The van der Waals surface area contributed by atoms with Gasteiger partial charge in [0.05, 0.1) is 12.1 Å². The van der Waals surface area contributed by atoms with E-state index < -0.39 is 54.0 Å². The Bertz CT molecular complexity index is 1310. The Labute approximate surface area is 256 Å². The molecular weight excluding hydrogens is 566 g/mol. The van der Waals surface area contributed by atoms with Crippen LogP contribution in [0, 0.1) is 5.92 Å². The van der Waals surface area contributed by atoms with E-state index in [1.54, 1.807) is 37.3 Å². The average molecular weight is 608 g/mol. The maximum Gasteiger partial charge on any atom is 0.326 e. The summed E-state index contributed by atoms with van der Waals surface area (Å²) in [7, 11) is 0. The number of carboxylic acids is 1. The van der Waals surface area contributed by atoms with Crippen LogP contribution >= 0.6 is 0 Å². The van der Waals surface area contributed by atoms with Gasteiger partial charge >= 0.3 is 12.0 Å². The lowest BCUT2D eigenvalue weighted by Crippen LogP contribution is -2.62. The topological polar surface area (TPSA) is 204 Å². The summed E-state index contributed by atoms with van der Waals surface area (Å²) in [4.78, 5) is 68.2. The number of rotatable bonds is 15. The van der Waals surface area contributed by atoms with Gasteiger partial charge in [-0.05, 0) is 29.9 Å². The number of urea groups is 1. The van der Waals surface area contributed by atoms with Crippen molar-refractivity contribution in [2.24, 2.45) is 16.6 Å². The summed E-state index contributed by atoms with van der Waals surface area (Å²) in [5.41, 5.74) is 7.42. The predicted octanol–water partition coefficient (Wildman–Crippen LogP) is 0.484. The lowest BCUT2D eigenvalue weighted by molar-refractivity contribution is -0.139. The fraction of sp³-hybridized carbons (Fsp3) is 0.419. The molecule has 0 radical (unpaired) electrons. The molecule has 0 aromatic heterocycles. The first-order valence-corrected chi connectivity index (χ1v) is 14.6. The normalized spacial score (nSPS) is 17.7. The van der Waals surface area contributed by atoms with Gasteiger partial charge in [0.1, 0.15) is 24.4 Å². The first-order valence-electron chi connectivity index (χ1n) is 14.6. The number of nitrogens with one attached hydrogen (secondary N) is 5. The molecule has 2 aromatic carbocycles. The summed E-state index contributed by atoms with van der Waals surface area (Å²) in [6.45, 7) is 4.03. The summed E-state index contributed by atoms with van der Waals surface area (Å²) in [5, 5.41) is 23.0. The Morgan fingerprint density at radius 1 is 0.955 bits per heavy atom. The SMILES string of the molecule is CCC(C)[C@H](NC(=O)[C@@H](NC(=O)N[C@@H](Cc1ccccc1)C(=O)O)[C@@H]1CCNC(N)=N1)C(=O)N[C@H](C=O)Cc1ccccc1. The third-order valence-electron chi connectivity index (χ3n) is 7.47. The van der Waals surface area contributed by atoms with E-state index in [9.17, 15) is 29.1 Å². The minimum atomic E-state index is -1.28. The van der Waals surface area contributed by atoms with Crippen molar-refractivity contribution >= 4 is 36.1 Å². The minimum Gasteiger partial charge on any atom is -0.480 e. The van der Waals surface area contributed by atoms with Crippen LogP contribution in [-0.2, 0) is 32.0 Å². The molecule has 0 bridgehead atoms. The van der Waals surface area contributed by atoms with Gasteiger partial charge in [-0.1, -0.05) is 80.9 Å². The molecule has 13 nitrogen and oxygen atoms in total. The molecule has 6 atom stereocenters. The Balaban J connectivity index is 1.77. The smallest absolute Gasteiger partial charge is 0.326 e. The Morgan fingerprint density at radius 2 is 1.57 bits per heavy atom. The standard InChI is InChI=1S/C31H41N7O6/c1-3-19(2)25(27(40)34-22(18-39)16-20-10-6-4-7-11-20)37-28(41)26(23-14-15-33-30(32)35-23)38-31(44)36-24(29(42)43)17-21-12-8-5-9-13-21/h4-13,18-19,22-26H,3,14-17H2,1-2H3,(H,34,40)(H,37,41)(H,42,43)(H3,32,33,35)(H2,36,38,44)/t19?,22-,23-,24-,25-,26-/m0/s1. The first kappa shape index (κ1) is 33.6. The van der Waals surface area contributed by atoms with E-state index >= 15 is 0 Å². The highest BCUT2D eigenvalue weighted by Crippen LogP contribution is 2.13. The second-order valence-electron chi connectivity index (χ2n) is 10.8. The van der Waals surface area contributed by atoms with Gasteiger partial charge in [-0.3, -0.25) is 9.59 Å². The quantitative estimate of drug-likeness (QED) is 0.142. The van der Waals surface area contributed by atoms with Crippen molar-refractivity contribution in [2.45, 2.75) is 69.7 Å². The fourth-order valence-electron chi connectivity index (χ4n) is 4.82. The summed E-state index contributed by atoms with van der Waals surface area (Å²) >= 11 is 0. The van der Waals surface area contributed by atoms with Crippen LogP contribution in [0.4, 0.5) is 4.79 Å². The van der Waals surface area contributed by atoms with E-state index in [0.29, 0.717) is 31.2 Å². The van der Waals surface area contributed by atoms with Crippen LogP contribution < -0.4 is 32.3 Å². The highest BCUT2D eigenvalue weighted by atomic mass is 16.4. The van der Waals surface area contributed by atoms with Gasteiger partial charge in [-0.25, -0.2) is 14.6 Å². The molecule has 8 N–H and O–H groups in total. The molecule has 44 heavy (non-hydrogen) atoms. The van der Waals surface area contributed by atoms with Crippen LogP contribution in [0.3, 0.4) is 0 Å². The molecule has 1 aliphatic rings. The third-order valence-corrected chi connectivity index (χ3v) is 7.47. The largest absolute Gasteiger partial charge is 0.480 e. The second-order valence-corrected chi connectivity index (χ2v) is 10.8. The van der Waals surface area contributed by atoms with Gasteiger partial charge in [0.2, 0.25) is 11.8 Å². The predicted molar refractivity (Wildman–Crippen MR) is 165 cm³/mol. The van der Waals surface area contributed by atoms with Crippen molar-refractivity contribution in [1.29, 1.82) is 0 Å². The summed E-state index contributed by atoms with van der Waals surface area (Å²) in [5.74, 6) is -2.75. The third kappa shape index (κ3) is 10.1. The number of aliphatic imine (C=N–C) groups is 1. The number of carbonyl (C=O) groups is 5. The maximum absolute atomic E-state index is 13.7. The number of aldehydes is 1. The average Bonchev–Trinajstić information content (AvgIpc) is 3.02. The zero-order chi connectivity index (χ0) is 32.1. The number of nitrogens with zero attached hydrogens (tertiary/aromatic N) is 1. The lowest BCUT2D eigenvalue weighted by Gasteiger charge is -2.31. The number of carboxylic acid groups (broad SMARTS) is 1. The number of carbonyl (C=O) groups excluding carboxylic acids is 4. The monoisotopic (exact) mass is 607 g/mol. The van der Waals surface area contributed by atoms with E-state index in [4.69, 9.17) is 5.73 Å². The molecule has 4 amide bonds. The van der Waals surface area contributed by atoms with Crippen molar-refractivity contribution in [1.82, 2.24) is 26.6 Å². The highest BCUT2D eigenvalue weighted by molar-refractivity contribution is 5.94. The molecule has 236 valence electrons. The van der Waals surface area contributed by atoms with Crippen molar-refractivity contribution in [3.05, 3.63) is 71.8 Å². The van der Waals surface area contributed by atoms with Crippen molar-refractivity contribution in [3.8, 4) is 0 Å². The van der Waals surface area contributed by atoms with Crippen molar-refractivity contribution in [3.63, 3.8) is 0 Å². The van der Waals surface area contributed by atoms with Crippen LogP contribution in [0.5, 0.6) is 0 Å². The summed E-state index contributed by atoms with van der Waals surface area (Å²) < 4.78 is 0. The minimum absolute atomic E-state index is 0.0239. The summed E-state index contributed by atoms with van der Waals surface area (Å²) in [6, 6.07) is 11.9. The Kier molecular flexibility index (Phi) is 12.7. The van der Waals surface area contributed by atoms with Crippen LogP contribution in [0.2, 0.25) is 0 Å². The number of nitrogens with two attached hydrogens (primary N) is 1. The van der Waals surface area contributed by atoms with Gasteiger partial charge in [0.25, 0.3) is 0 Å². The van der Waals surface area contributed by atoms with Gasteiger partial charge in [-0.15, -0.1) is 0 Å². The van der Waals surface area contributed by atoms with E-state index in [-0.39, 0.29) is 24.7 Å². The Hall–Kier alpha value is -4.94. The van der Waals surface area contributed by atoms with Crippen LogP contribution in [0.25, 0.3) is 0 Å². The summed E-state index contributed by atoms with van der Waals surface area (Å²) in [6.07, 6.45) is 1.81. The van der Waals surface area contributed by atoms with E-state index in [2.05, 4.69) is 31.6 Å². The molecular formula is C31H41N7O6. The van der Waals surface area contributed by atoms with Crippen LogP contribution in [0.15, 0.2) is 65.7 Å². The molecule has 2 aromatic rings. The second kappa shape index (κ2) is 16.6. The van der Waals surface area contributed by atoms with Crippen molar-refractivity contribution < 1.29 is 29.1 Å². The molecule has 0 fully saturated rings. The van der Waals surface area contributed by atoms with E-state index in [0.717, 1.165) is 5.56 Å². The lowest BCUT2D eigenvalue weighted by atomic mass is 9.96. The van der Waals surface area contributed by atoms with Gasteiger partial charge in [0, 0.05) is 13.0 Å². The fourth-order valence-corrected chi connectivity index (χ4v) is 4.82. The van der Waals surface area contributed by atoms with Crippen molar-refractivity contribution in [2.75, 3.05) is 6.54 Å². The van der Waals surface area contributed by atoms with Crippen LogP contribution in [-0.4, -0.2) is 77.9 Å². The molecule has 0 saturated carbocycles. The molecule has 1 heterocycles. The molecule has 1 unspecified atom stereocenters. The van der Waals surface area contributed by atoms with Crippen LogP contribution in [0.1, 0.15) is 37.8 Å². The number of benzene rings is 2. The van der Waals surface area contributed by atoms with E-state index in [1.807, 2.05) is 37.3 Å². The maximum atomic E-state index is 13.7. The molecule has 0 spiro atoms. The highest BCUT2D eigenvalue weighted by Gasteiger charge is 2.36. The first-order chi connectivity index (χ1) is 21.1. The Morgan fingerprint density at radius 3 is 2.11 bits per heavy atom. The molecule has 0 saturated heterocycles. The molecule has 1 aliphatic heterocycles. The molecule has 3 rings (SSSR count). The van der Waals surface area contributed by atoms with Gasteiger partial charge in [0.15, 0.2) is 5.96 Å². The zero-order valence-electron chi connectivity index (χ0n) is 24.9. The number of hydrogen-bond donors (Lipinski definition) is 7. The molecule has 13 heteroatoms. The number of hydrogen-bond acceptors (Lipinski definition) is 8. The zero-order valence-corrected chi connectivity index (χ0v) is 24.9. The number of aliphatic carboxylic acids is 1. The molecule has 0 aliphatic carbocycles. The van der Waals surface area contributed by atoms with E-state index in [1.165, 1.54) is 0 Å². The van der Waals surface area contributed by atoms with Gasteiger partial charge in [-0.2, -0.15) is 0 Å². The van der Waals surface area contributed by atoms with Gasteiger partial charge < -0.3 is 42.2 Å². The number of guanidine groups is 1. The number of amides is 4.